The standard InChI is InChI=1S/C7H9NS.C2H6/c9-6-8-7-4-2-1-3-5-7;1-2/h1-5,8-9H,6H2;1-2H3. The fourth-order valence-electron chi connectivity index (χ4n) is 0.647. The van der Waals surface area contributed by atoms with E-state index in [0.29, 0.717) is 5.88 Å². The summed E-state index contributed by atoms with van der Waals surface area (Å²) < 4.78 is 0. The van der Waals surface area contributed by atoms with Crippen LogP contribution in [0.5, 0.6) is 0 Å². The van der Waals surface area contributed by atoms with Crippen LogP contribution in [0.1, 0.15) is 13.8 Å². The molecule has 0 aliphatic heterocycles. The number of hydrogen-bond donors (Lipinski definition) is 2. The number of nitrogens with one attached hydrogen (secondary N) is 1. The fourth-order valence-corrected chi connectivity index (χ4v) is 0.830. The summed E-state index contributed by atoms with van der Waals surface area (Å²) in [6, 6.07) is 9.99. The van der Waals surface area contributed by atoms with E-state index in [0.717, 1.165) is 5.69 Å². The molecule has 2 heteroatoms. The zero-order valence-corrected chi connectivity index (χ0v) is 7.94. The molecular formula is C9H15NS. The van der Waals surface area contributed by atoms with E-state index in [2.05, 4.69) is 17.9 Å². The lowest BCUT2D eigenvalue weighted by atomic mass is 10.3. The zero-order valence-electron chi connectivity index (χ0n) is 7.04. The third kappa shape index (κ3) is 4.73. The van der Waals surface area contributed by atoms with Gasteiger partial charge in [-0.1, -0.05) is 32.0 Å². The van der Waals surface area contributed by atoms with Gasteiger partial charge in [0.1, 0.15) is 0 Å². The SMILES string of the molecule is CC.SCNc1ccccc1. The maximum absolute atomic E-state index is 4.02. The largest absolute Gasteiger partial charge is 0.376 e. The maximum atomic E-state index is 4.02. The number of para-hydroxylation sites is 1. The van der Waals surface area contributed by atoms with E-state index in [1.165, 1.54) is 0 Å². The smallest absolute Gasteiger partial charge is 0.0581 e. The quantitative estimate of drug-likeness (QED) is 0.512. The van der Waals surface area contributed by atoms with Gasteiger partial charge in [-0.2, -0.15) is 12.6 Å². The van der Waals surface area contributed by atoms with Crippen LogP contribution < -0.4 is 5.32 Å². The predicted octanol–water partition coefficient (Wildman–Crippen LogP) is 3.01. The lowest BCUT2D eigenvalue weighted by Gasteiger charge is -1.98. The molecule has 0 aliphatic carbocycles. The number of benzene rings is 1. The van der Waals surface area contributed by atoms with Gasteiger partial charge in [-0.15, -0.1) is 0 Å². The van der Waals surface area contributed by atoms with Crippen LogP contribution in [0.4, 0.5) is 5.69 Å². The first kappa shape index (κ1) is 10.4. The molecule has 0 amide bonds. The average molecular weight is 169 g/mol. The van der Waals surface area contributed by atoms with Crippen molar-refractivity contribution in [2.45, 2.75) is 13.8 Å². The second kappa shape index (κ2) is 7.48. The van der Waals surface area contributed by atoms with E-state index in [1.807, 2.05) is 44.2 Å². The van der Waals surface area contributed by atoms with Gasteiger partial charge in [0.2, 0.25) is 0 Å². The summed E-state index contributed by atoms with van der Waals surface area (Å²) in [4.78, 5) is 0. The summed E-state index contributed by atoms with van der Waals surface area (Å²) in [6.45, 7) is 4.00. The first-order chi connectivity index (χ1) is 5.43. The molecule has 1 aromatic rings. The van der Waals surface area contributed by atoms with Crippen LogP contribution >= 0.6 is 12.6 Å². The first-order valence-corrected chi connectivity index (χ1v) is 4.46. The van der Waals surface area contributed by atoms with Gasteiger partial charge < -0.3 is 5.32 Å². The zero-order chi connectivity index (χ0) is 8.53. The Balaban J connectivity index is 0.000000461. The van der Waals surface area contributed by atoms with Gasteiger partial charge >= 0.3 is 0 Å². The second-order valence-corrected chi connectivity index (χ2v) is 2.02. The minimum absolute atomic E-state index is 0.685. The van der Waals surface area contributed by atoms with Crippen molar-refractivity contribution in [3.63, 3.8) is 0 Å². The van der Waals surface area contributed by atoms with Gasteiger partial charge in [-0.3, -0.25) is 0 Å². The van der Waals surface area contributed by atoms with Gasteiger partial charge in [-0.05, 0) is 12.1 Å². The van der Waals surface area contributed by atoms with E-state index < -0.39 is 0 Å². The number of rotatable bonds is 2. The Morgan fingerprint density at radius 3 is 2.18 bits per heavy atom. The van der Waals surface area contributed by atoms with E-state index in [1.54, 1.807) is 0 Å². The Labute approximate surface area is 74.2 Å². The van der Waals surface area contributed by atoms with E-state index in [9.17, 15) is 0 Å². The van der Waals surface area contributed by atoms with E-state index >= 15 is 0 Å². The molecule has 0 heterocycles. The highest BCUT2D eigenvalue weighted by Crippen LogP contribution is 2.03. The van der Waals surface area contributed by atoms with Gasteiger partial charge in [-0.25, -0.2) is 0 Å². The Kier molecular flexibility index (Phi) is 7.05. The maximum Gasteiger partial charge on any atom is 0.0581 e. The van der Waals surface area contributed by atoms with Gasteiger partial charge in [0.15, 0.2) is 0 Å². The van der Waals surface area contributed by atoms with Gasteiger partial charge in [0.25, 0.3) is 0 Å². The summed E-state index contributed by atoms with van der Waals surface area (Å²) >= 11 is 4.02. The van der Waals surface area contributed by atoms with Crippen LogP contribution in [-0.2, 0) is 0 Å². The molecule has 1 nitrogen and oxygen atoms in total. The Morgan fingerprint density at radius 2 is 1.73 bits per heavy atom. The van der Waals surface area contributed by atoms with Crippen LogP contribution in [0, 0.1) is 0 Å². The monoisotopic (exact) mass is 169 g/mol. The number of hydrogen-bond acceptors (Lipinski definition) is 2. The lowest BCUT2D eigenvalue weighted by molar-refractivity contribution is 1.47. The van der Waals surface area contributed by atoms with Crippen LogP contribution in [0.25, 0.3) is 0 Å². The molecule has 0 atom stereocenters. The van der Waals surface area contributed by atoms with Crippen molar-refractivity contribution >= 4 is 18.3 Å². The summed E-state index contributed by atoms with van der Waals surface area (Å²) in [5.74, 6) is 0.685. The molecule has 0 bridgehead atoms. The normalized spacial score (nSPS) is 7.91. The molecule has 1 aromatic carbocycles. The summed E-state index contributed by atoms with van der Waals surface area (Å²) in [6.07, 6.45) is 0. The molecule has 0 aromatic heterocycles. The highest BCUT2D eigenvalue weighted by Gasteiger charge is 1.81. The highest BCUT2D eigenvalue weighted by atomic mass is 32.1. The Morgan fingerprint density at radius 1 is 1.18 bits per heavy atom. The van der Waals surface area contributed by atoms with Crippen LogP contribution in [0.2, 0.25) is 0 Å². The second-order valence-electron chi connectivity index (χ2n) is 1.70. The topological polar surface area (TPSA) is 12.0 Å². The number of thiol groups is 1. The van der Waals surface area contributed by atoms with Crippen molar-refractivity contribution in [1.82, 2.24) is 0 Å². The van der Waals surface area contributed by atoms with Crippen LogP contribution in [0.15, 0.2) is 30.3 Å². The van der Waals surface area contributed by atoms with Gasteiger partial charge in [0, 0.05) is 5.69 Å². The molecule has 0 unspecified atom stereocenters. The van der Waals surface area contributed by atoms with Gasteiger partial charge in [0.05, 0.1) is 5.88 Å². The van der Waals surface area contributed by atoms with Crippen molar-refractivity contribution in [3.8, 4) is 0 Å². The van der Waals surface area contributed by atoms with Crippen molar-refractivity contribution < 1.29 is 0 Å². The fraction of sp³-hybridized carbons (Fsp3) is 0.333. The molecule has 0 fully saturated rings. The van der Waals surface area contributed by atoms with E-state index in [4.69, 9.17) is 0 Å². The molecular weight excluding hydrogens is 154 g/mol. The van der Waals surface area contributed by atoms with Crippen LogP contribution in [0.3, 0.4) is 0 Å². The Bertz CT molecular complexity index is 162. The average Bonchev–Trinajstić information content (AvgIpc) is 2.11. The molecule has 62 valence electrons. The molecule has 11 heavy (non-hydrogen) atoms. The third-order valence-corrected chi connectivity index (χ3v) is 1.22. The highest BCUT2D eigenvalue weighted by molar-refractivity contribution is 7.80. The molecule has 0 spiro atoms. The van der Waals surface area contributed by atoms with E-state index in [-0.39, 0.29) is 0 Å². The molecule has 1 N–H and O–H groups in total. The molecule has 0 saturated heterocycles. The minimum atomic E-state index is 0.685. The molecule has 0 saturated carbocycles. The summed E-state index contributed by atoms with van der Waals surface area (Å²) in [5.41, 5.74) is 1.12. The van der Waals surface area contributed by atoms with Crippen molar-refractivity contribution in [2.75, 3.05) is 11.2 Å². The third-order valence-electron chi connectivity index (χ3n) is 1.06. The van der Waals surface area contributed by atoms with Crippen molar-refractivity contribution in [1.29, 1.82) is 0 Å². The lowest BCUT2D eigenvalue weighted by Crippen LogP contribution is -1.92. The van der Waals surface area contributed by atoms with Crippen molar-refractivity contribution in [2.24, 2.45) is 0 Å². The first-order valence-electron chi connectivity index (χ1n) is 3.83. The Hall–Kier alpha value is -0.630. The molecule has 0 aliphatic rings. The van der Waals surface area contributed by atoms with Crippen molar-refractivity contribution in [3.05, 3.63) is 30.3 Å². The summed E-state index contributed by atoms with van der Waals surface area (Å²) in [7, 11) is 0. The number of anilines is 1. The molecule has 1 rings (SSSR count). The minimum Gasteiger partial charge on any atom is -0.376 e. The predicted molar refractivity (Wildman–Crippen MR) is 55.3 cm³/mol. The van der Waals surface area contributed by atoms with Crippen LogP contribution in [-0.4, -0.2) is 5.88 Å². The molecule has 0 radical (unpaired) electrons. The summed E-state index contributed by atoms with van der Waals surface area (Å²) in [5, 5.41) is 3.07.